The number of unbranched alkanes of at least 4 members (excludes halogenated alkanes) is 5. The van der Waals surface area contributed by atoms with Crippen LogP contribution >= 0.6 is 0 Å². The molecule has 0 fully saturated rings. The number of aliphatic carboxylic acids is 1. The van der Waals surface area contributed by atoms with Gasteiger partial charge in [0.05, 0.1) is 10.7 Å². The van der Waals surface area contributed by atoms with Crippen molar-refractivity contribution in [1.82, 2.24) is 4.31 Å². The van der Waals surface area contributed by atoms with E-state index in [1.807, 2.05) is 0 Å². The van der Waals surface area contributed by atoms with Crippen molar-refractivity contribution < 1.29 is 23.2 Å². The third-order valence-corrected chi connectivity index (χ3v) is 6.35. The number of carboxylic acids is 1. The fourth-order valence-corrected chi connectivity index (χ4v) is 4.41. The molecule has 9 heteroatoms. The van der Waals surface area contributed by atoms with E-state index in [0.29, 0.717) is 12.0 Å². The number of nitro groups is 1. The van der Waals surface area contributed by atoms with Crippen LogP contribution in [0.2, 0.25) is 0 Å². The highest BCUT2D eigenvalue weighted by atomic mass is 32.2. The Labute approximate surface area is 160 Å². The smallest absolute Gasteiger partial charge is 0.321 e. The summed E-state index contributed by atoms with van der Waals surface area (Å²) in [6, 6.07) is 4.23. The molecule has 0 bridgehead atoms. The number of carbonyl (C=O) groups is 1. The van der Waals surface area contributed by atoms with Crippen LogP contribution in [0.3, 0.4) is 0 Å². The molecule has 0 amide bonds. The predicted octanol–water partition coefficient (Wildman–Crippen LogP) is 3.56. The maximum Gasteiger partial charge on any atom is 0.321 e. The zero-order valence-electron chi connectivity index (χ0n) is 15.8. The fourth-order valence-electron chi connectivity index (χ4n) is 2.68. The molecule has 0 heterocycles. The topological polar surface area (TPSA) is 118 Å². The third kappa shape index (κ3) is 7.64. The van der Waals surface area contributed by atoms with Crippen molar-refractivity contribution in [3.63, 3.8) is 0 Å². The van der Waals surface area contributed by atoms with E-state index < -0.39 is 27.0 Å². The van der Waals surface area contributed by atoms with Gasteiger partial charge in [-0.2, -0.15) is 4.31 Å². The minimum Gasteiger partial charge on any atom is -0.480 e. The first-order valence-corrected chi connectivity index (χ1v) is 10.8. The molecule has 1 N–H and O–H groups in total. The summed E-state index contributed by atoms with van der Waals surface area (Å²) in [6.45, 7) is 3.30. The summed E-state index contributed by atoms with van der Waals surface area (Å²) < 4.78 is 26.4. The van der Waals surface area contributed by atoms with Gasteiger partial charge >= 0.3 is 5.97 Å². The SMILES string of the molecule is CCCCCCCCS(=O)(=O)N(Cc1ccc([N+](=O)[O-])cc1)[C@@H](C)C(=O)O. The number of non-ortho nitro benzene ring substituents is 1. The van der Waals surface area contributed by atoms with Crippen LogP contribution in [-0.4, -0.2) is 40.5 Å². The number of benzene rings is 1. The van der Waals surface area contributed by atoms with E-state index in [4.69, 9.17) is 0 Å². The lowest BCUT2D eigenvalue weighted by Crippen LogP contribution is -2.43. The van der Waals surface area contributed by atoms with Gasteiger partial charge in [0.25, 0.3) is 5.69 Å². The fraction of sp³-hybridized carbons (Fsp3) is 0.611. The van der Waals surface area contributed by atoms with Crippen LogP contribution in [0.1, 0.15) is 57.9 Å². The minimum absolute atomic E-state index is 0.105. The molecule has 27 heavy (non-hydrogen) atoms. The molecule has 0 spiro atoms. The summed E-state index contributed by atoms with van der Waals surface area (Å²) in [5, 5.41) is 20.0. The van der Waals surface area contributed by atoms with Crippen molar-refractivity contribution in [2.24, 2.45) is 0 Å². The molecule has 0 aliphatic heterocycles. The summed E-state index contributed by atoms with van der Waals surface area (Å²) >= 11 is 0. The molecule has 1 aromatic carbocycles. The summed E-state index contributed by atoms with van der Waals surface area (Å²) in [5.74, 6) is -1.34. The van der Waals surface area contributed by atoms with Crippen LogP contribution < -0.4 is 0 Å². The van der Waals surface area contributed by atoms with Crippen LogP contribution in [0.25, 0.3) is 0 Å². The van der Waals surface area contributed by atoms with Crippen molar-refractivity contribution in [1.29, 1.82) is 0 Å². The average Bonchev–Trinajstić information content (AvgIpc) is 2.62. The molecule has 0 saturated carbocycles. The highest BCUT2D eigenvalue weighted by Crippen LogP contribution is 2.19. The van der Waals surface area contributed by atoms with E-state index in [9.17, 15) is 28.4 Å². The molecule has 1 rings (SSSR count). The zero-order valence-corrected chi connectivity index (χ0v) is 16.7. The van der Waals surface area contributed by atoms with Gasteiger partial charge in [0, 0.05) is 18.7 Å². The molecule has 0 aromatic heterocycles. The Morgan fingerprint density at radius 1 is 1.15 bits per heavy atom. The monoisotopic (exact) mass is 400 g/mol. The molecular weight excluding hydrogens is 372 g/mol. The Morgan fingerprint density at radius 3 is 2.22 bits per heavy atom. The molecule has 8 nitrogen and oxygen atoms in total. The van der Waals surface area contributed by atoms with Gasteiger partial charge in [-0.3, -0.25) is 14.9 Å². The van der Waals surface area contributed by atoms with Crippen LogP contribution in [-0.2, 0) is 21.4 Å². The van der Waals surface area contributed by atoms with Gasteiger partial charge in [0.1, 0.15) is 6.04 Å². The van der Waals surface area contributed by atoms with Crippen molar-refractivity contribution in [3.05, 3.63) is 39.9 Å². The van der Waals surface area contributed by atoms with Crippen molar-refractivity contribution in [2.45, 2.75) is 65.0 Å². The molecular formula is C18H28N2O6S. The Bertz CT molecular complexity index is 718. The molecule has 0 unspecified atom stereocenters. The first kappa shape index (κ1) is 23.0. The van der Waals surface area contributed by atoms with Crippen molar-refractivity contribution in [3.8, 4) is 0 Å². The molecule has 0 radical (unpaired) electrons. The lowest BCUT2D eigenvalue weighted by Gasteiger charge is -2.26. The second kappa shape index (κ2) is 11.0. The summed E-state index contributed by atoms with van der Waals surface area (Å²) in [4.78, 5) is 21.6. The van der Waals surface area contributed by atoms with Gasteiger partial charge in [-0.05, 0) is 18.9 Å². The average molecular weight is 400 g/mol. The molecule has 0 saturated heterocycles. The van der Waals surface area contributed by atoms with Crippen LogP contribution in [0, 0.1) is 10.1 Å². The van der Waals surface area contributed by atoms with Crippen molar-refractivity contribution in [2.75, 3.05) is 5.75 Å². The van der Waals surface area contributed by atoms with E-state index in [-0.39, 0.29) is 18.0 Å². The number of hydrogen-bond acceptors (Lipinski definition) is 5. The van der Waals surface area contributed by atoms with E-state index in [0.717, 1.165) is 36.4 Å². The van der Waals surface area contributed by atoms with Crippen LogP contribution in [0.5, 0.6) is 0 Å². The molecule has 1 atom stereocenters. The maximum atomic E-state index is 12.7. The van der Waals surface area contributed by atoms with Crippen molar-refractivity contribution >= 4 is 21.7 Å². The quantitative estimate of drug-likeness (QED) is 0.307. The molecule has 1 aromatic rings. The third-order valence-electron chi connectivity index (χ3n) is 4.39. The normalized spacial score (nSPS) is 12.9. The molecule has 0 aliphatic carbocycles. The van der Waals surface area contributed by atoms with E-state index in [1.165, 1.54) is 31.2 Å². The number of sulfonamides is 1. The number of rotatable bonds is 13. The maximum absolute atomic E-state index is 12.7. The van der Waals surface area contributed by atoms with E-state index in [1.54, 1.807) is 0 Å². The van der Waals surface area contributed by atoms with Crippen LogP contribution in [0.4, 0.5) is 5.69 Å². The van der Waals surface area contributed by atoms with E-state index >= 15 is 0 Å². The Kier molecular flexibility index (Phi) is 9.37. The lowest BCUT2D eigenvalue weighted by atomic mass is 10.1. The standard InChI is InChI=1S/C18H28N2O6S/c1-3-4-5-6-7-8-13-27(25,26)19(15(2)18(21)22)14-16-9-11-17(12-10-16)20(23)24/h9-12,15H,3-8,13-14H2,1-2H3,(H,21,22)/t15-/m0/s1. The zero-order chi connectivity index (χ0) is 20.4. The van der Waals surface area contributed by atoms with Gasteiger partial charge in [-0.25, -0.2) is 8.42 Å². The number of carboxylic acid groups (broad SMARTS) is 1. The first-order valence-electron chi connectivity index (χ1n) is 9.14. The van der Waals surface area contributed by atoms with Gasteiger partial charge in [-0.1, -0.05) is 51.2 Å². The molecule has 152 valence electrons. The number of nitro benzene ring substituents is 1. The number of nitrogens with zero attached hydrogens (tertiary/aromatic N) is 2. The summed E-state index contributed by atoms with van der Waals surface area (Å²) in [6.07, 6.45) is 5.52. The van der Waals surface area contributed by atoms with E-state index in [2.05, 4.69) is 6.92 Å². The summed E-state index contributed by atoms with van der Waals surface area (Å²) in [5.41, 5.74) is 0.395. The minimum atomic E-state index is -3.77. The Morgan fingerprint density at radius 2 is 1.70 bits per heavy atom. The highest BCUT2D eigenvalue weighted by molar-refractivity contribution is 7.89. The Hall–Kier alpha value is -2.00. The largest absolute Gasteiger partial charge is 0.480 e. The van der Waals surface area contributed by atoms with Gasteiger partial charge in [-0.15, -0.1) is 0 Å². The van der Waals surface area contributed by atoms with Gasteiger partial charge in [0.15, 0.2) is 0 Å². The lowest BCUT2D eigenvalue weighted by molar-refractivity contribution is -0.384. The Balaban J connectivity index is 2.83. The predicted molar refractivity (Wildman–Crippen MR) is 103 cm³/mol. The van der Waals surface area contributed by atoms with Crippen LogP contribution in [0.15, 0.2) is 24.3 Å². The number of hydrogen-bond donors (Lipinski definition) is 1. The van der Waals surface area contributed by atoms with Gasteiger partial charge in [0.2, 0.25) is 10.0 Å². The molecule has 0 aliphatic rings. The summed E-state index contributed by atoms with van der Waals surface area (Å²) in [7, 11) is -3.77. The second-order valence-electron chi connectivity index (χ2n) is 6.57. The second-order valence-corrected chi connectivity index (χ2v) is 8.61. The highest BCUT2D eigenvalue weighted by Gasteiger charge is 2.31. The first-order chi connectivity index (χ1) is 12.7. The van der Waals surface area contributed by atoms with Gasteiger partial charge < -0.3 is 5.11 Å².